The largest absolute Gasteiger partial charge is 0.497 e. The number of nitrogens with one attached hydrogen (secondary N) is 1. The van der Waals surface area contributed by atoms with Crippen LogP contribution in [0.5, 0.6) is 5.75 Å². The first-order valence-corrected chi connectivity index (χ1v) is 20.7. The zero-order valence-corrected chi connectivity index (χ0v) is 31.7. The Morgan fingerprint density at radius 2 is 1.74 bits per heavy atom. The molecule has 0 spiro atoms. The number of benzene rings is 3. The minimum absolute atomic E-state index is 0.0452. The number of likely N-dealkylation sites (tertiary alicyclic amines) is 2. The van der Waals surface area contributed by atoms with E-state index in [1.54, 1.807) is 13.2 Å². The van der Waals surface area contributed by atoms with Crippen LogP contribution in [-0.4, -0.2) is 85.8 Å². The summed E-state index contributed by atoms with van der Waals surface area (Å²) < 4.78 is 36.7. The van der Waals surface area contributed by atoms with Gasteiger partial charge in [-0.15, -0.1) is 0 Å². The Labute approximate surface area is 312 Å². The van der Waals surface area contributed by atoms with Crippen LogP contribution in [0, 0.1) is 5.92 Å². The minimum Gasteiger partial charge on any atom is -0.497 e. The number of carbonyl (C=O) groups is 2. The zero-order chi connectivity index (χ0) is 36.6. The van der Waals surface area contributed by atoms with Crippen molar-refractivity contribution in [1.82, 2.24) is 23.4 Å². The van der Waals surface area contributed by atoms with Gasteiger partial charge in [-0.1, -0.05) is 55.7 Å². The summed E-state index contributed by atoms with van der Waals surface area (Å²) in [4.78, 5) is 34.0. The van der Waals surface area contributed by atoms with Crippen molar-refractivity contribution in [1.29, 1.82) is 0 Å². The van der Waals surface area contributed by atoms with Crippen LogP contribution in [0.2, 0.25) is 0 Å². The average molecular weight is 736 g/mol. The Bertz CT molecular complexity index is 2210. The maximum atomic E-state index is 15.7. The molecule has 2 saturated heterocycles. The fraction of sp³-hybridized carbons (Fsp3) is 0.476. The average Bonchev–Trinajstić information content (AvgIpc) is 3.65. The molecule has 4 unspecified atom stereocenters. The highest BCUT2D eigenvalue weighted by Gasteiger charge is 2.68. The van der Waals surface area contributed by atoms with Crippen molar-refractivity contribution >= 4 is 32.9 Å². The number of amides is 2. The summed E-state index contributed by atoms with van der Waals surface area (Å²) in [6.45, 7) is 3.45. The maximum Gasteiger partial charge on any atom is 0.303 e. The van der Waals surface area contributed by atoms with Crippen LogP contribution >= 0.6 is 0 Å². The summed E-state index contributed by atoms with van der Waals surface area (Å²) in [5.74, 6) is 0.962. The van der Waals surface area contributed by atoms with Crippen molar-refractivity contribution in [2.45, 2.75) is 81.3 Å². The third-order valence-electron chi connectivity index (χ3n) is 12.9. The van der Waals surface area contributed by atoms with Gasteiger partial charge in [0.15, 0.2) is 0 Å². The Balaban J connectivity index is 1.19. The van der Waals surface area contributed by atoms with E-state index >= 15 is 4.79 Å². The molecule has 4 heterocycles. The molecule has 9 rings (SSSR count). The number of rotatable bonds is 8. The van der Waals surface area contributed by atoms with Gasteiger partial charge in [-0.2, -0.15) is 12.7 Å². The molecule has 2 amide bonds. The second kappa shape index (κ2) is 13.0. The number of hydrogen-bond donors (Lipinski definition) is 1. The smallest absolute Gasteiger partial charge is 0.303 e. The van der Waals surface area contributed by atoms with Crippen molar-refractivity contribution < 1.29 is 22.7 Å². The van der Waals surface area contributed by atoms with Gasteiger partial charge in [0.05, 0.1) is 18.3 Å². The predicted octanol–water partition coefficient (Wildman–Crippen LogP) is 6.22. The van der Waals surface area contributed by atoms with Gasteiger partial charge in [0.25, 0.3) is 5.91 Å². The lowest BCUT2D eigenvalue weighted by molar-refractivity contribution is -0.140. The number of hydrogen-bond acceptors (Lipinski definition) is 6. The molecule has 11 heteroatoms. The van der Waals surface area contributed by atoms with Gasteiger partial charge in [-0.3, -0.25) is 14.5 Å². The highest BCUT2D eigenvalue weighted by Crippen LogP contribution is 2.67. The van der Waals surface area contributed by atoms with Crippen LogP contribution in [-0.2, 0) is 27.1 Å². The molecule has 3 aliphatic heterocycles. The van der Waals surface area contributed by atoms with Crippen molar-refractivity contribution in [3.63, 3.8) is 0 Å². The first-order valence-electron chi connectivity index (χ1n) is 19.3. The molecule has 2 aliphatic carbocycles. The Kier molecular flexibility index (Phi) is 8.47. The van der Waals surface area contributed by atoms with Gasteiger partial charge in [-0.05, 0) is 91.0 Å². The molecule has 0 radical (unpaired) electrons. The van der Waals surface area contributed by atoms with E-state index in [2.05, 4.69) is 61.6 Å². The van der Waals surface area contributed by atoms with E-state index < -0.39 is 21.7 Å². The van der Waals surface area contributed by atoms with E-state index in [0.717, 1.165) is 102 Å². The first-order chi connectivity index (χ1) is 25.6. The van der Waals surface area contributed by atoms with Crippen molar-refractivity contribution in [3.05, 3.63) is 89.0 Å². The topological polar surface area (TPSA) is 104 Å². The monoisotopic (exact) mass is 735 g/mol. The quantitative estimate of drug-likeness (QED) is 0.231. The Morgan fingerprint density at radius 3 is 2.49 bits per heavy atom. The van der Waals surface area contributed by atoms with Crippen molar-refractivity contribution in [3.8, 4) is 17.0 Å². The zero-order valence-electron chi connectivity index (χ0n) is 30.9. The highest BCUT2D eigenvalue weighted by atomic mass is 32.2. The van der Waals surface area contributed by atoms with Crippen molar-refractivity contribution in [2.75, 3.05) is 40.8 Å². The van der Waals surface area contributed by atoms with Crippen molar-refractivity contribution in [2.24, 2.45) is 5.92 Å². The molecule has 5 aliphatic rings. The van der Waals surface area contributed by atoms with Crippen LogP contribution in [0.3, 0.4) is 0 Å². The van der Waals surface area contributed by atoms with Gasteiger partial charge in [0.2, 0.25) is 5.91 Å². The van der Waals surface area contributed by atoms with Crippen LogP contribution < -0.4 is 9.46 Å². The lowest BCUT2D eigenvalue weighted by atomic mass is 9.80. The summed E-state index contributed by atoms with van der Waals surface area (Å²) in [6, 6.07) is 22.6. The SMILES string of the molecule is COc1ccc2c(c1)C1CC1(C(=O)N1CCCC3CN(Cc4ccccc4)CC31)n1c-2c(C2CCCCC2)c2ccc(C(=O)NS(=O)(=O)N(C)C)cc21. The van der Waals surface area contributed by atoms with E-state index in [0.29, 0.717) is 18.3 Å². The molecule has 278 valence electrons. The molecule has 53 heavy (non-hydrogen) atoms. The lowest BCUT2D eigenvalue weighted by Crippen LogP contribution is -2.54. The van der Waals surface area contributed by atoms with Crippen LogP contribution in [0.15, 0.2) is 66.7 Å². The highest BCUT2D eigenvalue weighted by molar-refractivity contribution is 7.87. The standard InChI is InChI=1S/C42H49N5O5S/c1-44(2)53(50,51)43-40(48)29-16-18-33-36(21-29)47-39(38(33)28-13-8-5-9-14-28)32-19-17-31(52-3)22-34(32)35-23-42(35,47)41(49)46-20-10-15-30-25-45(26-37(30)46)24-27-11-6-4-7-12-27/h4,6-7,11-12,16-19,21-22,28,30,35,37H,5,8-10,13-15,20,23-26H2,1-3H3,(H,43,48). The number of piperidine rings is 1. The molecular formula is C42H49N5O5S. The first kappa shape index (κ1) is 34.6. The molecule has 2 saturated carbocycles. The van der Waals surface area contributed by atoms with Crippen LogP contribution in [0.1, 0.15) is 90.3 Å². The number of ether oxygens (including phenoxy) is 1. The fourth-order valence-electron chi connectivity index (χ4n) is 10.3. The second-order valence-corrected chi connectivity index (χ2v) is 18.0. The Morgan fingerprint density at radius 1 is 0.943 bits per heavy atom. The molecule has 0 bridgehead atoms. The van der Waals surface area contributed by atoms with E-state index in [-0.39, 0.29) is 23.4 Å². The Hall–Kier alpha value is -4.19. The number of nitrogens with zero attached hydrogens (tertiary/aromatic N) is 4. The third-order valence-corrected chi connectivity index (χ3v) is 14.3. The summed E-state index contributed by atoms with van der Waals surface area (Å²) in [7, 11) is 0.479. The number of fused-ring (bicyclic) bond motifs is 9. The van der Waals surface area contributed by atoms with Gasteiger partial charge >= 0.3 is 10.2 Å². The molecule has 1 N–H and O–H groups in total. The lowest BCUT2D eigenvalue weighted by Gasteiger charge is -2.41. The molecular weight excluding hydrogens is 687 g/mol. The third kappa shape index (κ3) is 5.60. The summed E-state index contributed by atoms with van der Waals surface area (Å²) in [6.07, 6.45) is 8.42. The van der Waals surface area contributed by atoms with Crippen LogP contribution in [0.25, 0.3) is 22.2 Å². The number of carbonyl (C=O) groups excluding carboxylic acids is 2. The summed E-state index contributed by atoms with van der Waals surface area (Å²) >= 11 is 0. The van der Waals surface area contributed by atoms with Gasteiger partial charge in [0.1, 0.15) is 11.3 Å². The molecule has 4 atom stereocenters. The molecule has 10 nitrogen and oxygen atoms in total. The van der Waals surface area contributed by atoms with E-state index in [1.807, 2.05) is 18.2 Å². The summed E-state index contributed by atoms with van der Waals surface area (Å²) in [5, 5.41) is 1.05. The molecule has 1 aromatic heterocycles. The van der Waals surface area contributed by atoms with Gasteiger partial charge in [0, 0.05) is 68.7 Å². The second-order valence-electron chi connectivity index (χ2n) is 16.2. The van der Waals surface area contributed by atoms with Crippen LogP contribution in [0.4, 0.5) is 0 Å². The fourth-order valence-corrected chi connectivity index (χ4v) is 10.9. The van der Waals surface area contributed by atoms with E-state index in [4.69, 9.17) is 4.74 Å². The predicted molar refractivity (Wildman–Crippen MR) is 205 cm³/mol. The molecule has 4 aromatic rings. The molecule has 4 fully saturated rings. The molecule has 3 aromatic carbocycles. The van der Waals surface area contributed by atoms with E-state index in [1.165, 1.54) is 31.6 Å². The summed E-state index contributed by atoms with van der Waals surface area (Å²) in [5.41, 5.74) is 6.15. The van der Waals surface area contributed by atoms with E-state index in [9.17, 15) is 13.2 Å². The minimum atomic E-state index is -4.00. The normalized spacial score (nSPS) is 25.4. The number of methoxy groups -OCH3 is 1. The van der Waals surface area contributed by atoms with Gasteiger partial charge in [-0.25, -0.2) is 4.72 Å². The number of aromatic nitrogens is 1. The van der Waals surface area contributed by atoms with Gasteiger partial charge < -0.3 is 14.2 Å². The maximum absolute atomic E-state index is 15.7.